The Kier molecular flexibility index (Phi) is 5.31. The van der Waals surface area contributed by atoms with E-state index in [9.17, 15) is 4.79 Å². The Hall–Kier alpha value is -2.44. The Morgan fingerprint density at radius 2 is 2.16 bits per heavy atom. The van der Waals surface area contributed by atoms with Gasteiger partial charge in [-0.2, -0.15) is 4.68 Å². The van der Waals surface area contributed by atoms with Crippen LogP contribution in [0.1, 0.15) is 49.9 Å². The molecule has 1 heterocycles. The predicted molar refractivity (Wildman–Crippen MR) is 93.8 cm³/mol. The molecule has 3 rings (SSSR count). The monoisotopic (exact) mass is 343 g/mol. The highest BCUT2D eigenvalue weighted by atomic mass is 16.5. The molecule has 1 aromatic heterocycles. The van der Waals surface area contributed by atoms with Crippen molar-refractivity contribution in [2.45, 2.75) is 45.6 Å². The van der Waals surface area contributed by atoms with Gasteiger partial charge in [-0.05, 0) is 54.3 Å². The molecule has 1 fully saturated rings. The molecule has 0 saturated heterocycles. The second-order valence-corrected chi connectivity index (χ2v) is 6.56. The maximum atomic E-state index is 13.2. The lowest BCUT2D eigenvalue weighted by Gasteiger charge is -2.38. The molecule has 1 aliphatic carbocycles. The molecule has 0 spiro atoms. The molecular weight excluding hydrogens is 318 g/mol. The summed E-state index contributed by atoms with van der Waals surface area (Å²) in [7, 11) is 1.59. The van der Waals surface area contributed by atoms with Gasteiger partial charge in [0.2, 0.25) is 0 Å². The van der Waals surface area contributed by atoms with Gasteiger partial charge in [-0.1, -0.05) is 19.8 Å². The first-order valence-electron chi connectivity index (χ1n) is 8.88. The smallest absolute Gasteiger partial charge is 0.254 e. The summed E-state index contributed by atoms with van der Waals surface area (Å²) in [5.41, 5.74) is 1.29. The summed E-state index contributed by atoms with van der Waals surface area (Å²) in [5, 5.41) is 11.2. The maximum Gasteiger partial charge on any atom is 0.254 e. The van der Waals surface area contributed by atoms with Crippen molar-refractivity contribution in [2.75, 3.05) is 13.7 Å². The molecule has 0 unspecified atom stereocenters. The zero-order valence-electron chi connectivity index (χ0n) is 15.1. The molecule has 2 aromatic rings. The lowest BCUT2D eigenvalue weighted by molar-refractivity contribution is 0.0570. The number of rotatable bonds is 5. The van der Waals surface area contributed by atoms with Crippen LogP contribution in [0.5, 0.6) is 5.75 Å². The molecule has 0 radical (unpaired) electrons. The number of tetrazole rings is 1. The lowest BCUT2D eigenvalue weighted by Crippen LogP contribution is -2.45. The van der Waals surface area contributed by atoms with E-state index in [1.807, 2.05) is 17.9 Å². The van der Waals surface area contributed by atoms with Crippen LogP contribution in [-0.4, -0.2) is 50.7 Å². The second-order valence-electron chi connectivity index (χ2n) is 6.56. The molecule has 0 N–H and O–H groups in total. The molecule has 7 nitrogen and oxygen atoms in total. The van der Waals surface area contributed by atoms with E-state index in [1.54, 1.807) is 19.2 Å². The van der Waals surface area contributed by atoms with Crippen LogP contribution in [0.3, 0.4) is 0 Å². The summed E-state index contributed by atoms with van der Waals surface area (Å²) < 4.78 is 6.89. The molecule has 0 aliphatic heterocycles. The number of methoxy groups -OCH3 is 1. The molecule has 0 bridgehead atoms. The third kappa shape index (κ3) is 3.50. The van der Waals surface area contributed by atoms with E-state index in [1.165, 1.54) is 30.3 Å². The number of aromatic nitrogens is 4. The lowest BCUT2D eigenvalue weighted by atomic mass is 9.84. The maximum absolute atomic E-state index is 13.2. The van der Waals surface area contributed by atoms with Gasteiger partial charge in [-0.15, -0.1) is 5.10 Å². The standard InChI is InChI=1S/C18H25N5O2/c1-4-22(15-8-6-5-7-13(15)2)18(24)14-9-10-17(25-3)16(11-14)23-12-19-20-21-23/h9-13,15H,4-8H2,1-3H3/t13-,15+/m0/s1. The molecule has 1 aliphatic rings. The first kappa shape index (κ1) is 17.4. The van der Waals surface area contributed by atoms with E-state index >= 15 is 0 Å². The van der Waals surface area contributed by atoms with E-state index in [2.05, 4.69) is 22.4 Å². The predicted octanol–water partition coefficient (Wildman–Crippen LogP) is 2.71. The summed E-state index contributed by atoms with van der Waals surface area (Å²) in [6.07, 6.45) is 6.21. The minimum atomic E-state index is 0.0539. The largest absolute Gasteiger partial charge is 0.494 e. The van der Waals surface area contributed by atoms with Crippen LogP contribution in [-0.2, 0) is 0 Å². The van der Waals surface area contributed by atoms with E-state index < -0.39 is 0 Å². The van der Waals surface area contributed by atoms with Gasteiger partial charge >= 0.3 is 0 Å². The van der Waals surface area contributed by atoms with Crippen molar-refractivity contribution in [3.63, 3.8) is 0 Å². The molecule has 1 aromatic carbocycles. The van der Waals surface area contributed by atoms with E-state index in [-0.39, 0.29) is 5.91 Å². The number of benzene rings is 1. The Labute approximate surface area is 148 Å². The average molecular weight is 343 g/mol. The van der Waals surface area contributed by atoms with Gasteiger partial charge in [0.15, 0.2) is 0 Å². The van der Waals surface area contributed by atoms with Gasteiger partial charge < -0.3 is 9.64 Å². The second kappa shape index (κ2) is 7.63. The van der Waals surface area contributed by atoms with Gasteiger partial charge in [0.05, 0.1) is 7.11 Å². The molecular formula is C18H25N5O2. The Balaban J connectivity index is 1.92. The van der Waals surface area contributed by atoms with Gasteiger partial charge in [0, 0.05) is 18.2 Å². The third-order valence-electron chi connectivity index (χ3n) is 5.09. The summed E-state index contributed by atoms with van der Waals surface area (Å²) in [6.45, 7) is 5.01. The molecule has 25 heavy (non-hydrogen) atoms. The average Bonchev–Trinajstić information content (AvgIpc) is 3.17. The van der Waals surface area contributed by atoms with Gasteiger partial charge in [-0.3, -0.25) is 4.79 Å². The highest BCUT2D eigenvalue weighted by molar-refractivity contribution is 5.95. The van der Waals surface area contributed by atoms with Crippen LogP contribution in [0, 0.1) is 5.92 Å². The number of amides is 1. The van der Waals surface area contributed by atoms with Crippen molar-refractivity contribution in [2.24, 2.45) is 5.92 Å². The molecule has 7 heteroatoms. The Bertz CT molecular complexity index is 716. The normalized spacial score (nSPS) is 20.3. The SMILES string of the molecule is CCN(C(=O)c1ccc(OC)c(-n2cnnn2)c1)[C@@H]1CCCC[C@@H]1C. The zero-order valence-corrected chi connectivity index (χ0v) is 15.1. The number of carbonyl (C=O) groups excluding carboxylic acids is 1. The quantitative estimate of drug-likeness (QED) is 0.834. The molecule has 1 saturated carbocycles. The fourth-order valence-electron chi connectivity index (χ4n) is 3.73. The number of nitrogens with zero attached hydrogens (tertiary/aromatic N) is 5. The fourth-order valence-corrected chi connectivity index (χ4v) is 3.73. The highest BCUT2D eigenvalue weighted by Gasteiger charge is 2.30. The summed E-state index contributed by atoms with van der Waals surface area (Å²) >= 11 is 0. The first-order valence-corrected chi connectivity index (χ1v) is 8.88. The number of hydrogen-bond donors (Lipinski definition) is 0. The van der Waals surface area contributed by atoms with Crippen molar-refractivity contribution in [1.82, 2.24) is 25.1 Å². The number of carbonyl (C=O) groups is 1. The van der Waals surface area contributed by atoms with E-state index in [4.69, 9.17) is 4.74 Å². The van der Waals surface area contributed by atoms with E-state index in [0.717, 1.165) is 6.42 Å². The number of hydrogen-bond acceptors (Lipinski definition) is 5. The summed E-state index contributed by atoms with van der Waals surface area (Å²) in [5.74, 6) is 1.21. The van der Waals surface area contributed by atoms with Crippen LogP contribution in [0.25, 0.3) is 5.69 Å². The van der Waals surface area contributed by atoms with Crippen molar-refractivity contribution < 1.29 is 9.53 Å². The molecule has 134 valence electrons. The third-order valence-corrected chi connectivity index (χ3v) is 5.09. The summed E-state index contributed by atoms with van der Waals surface area (Å²) in [6, 6.07) is 5.71. The van der Waals surface area contributed by atoms with Crippen LogP contribution in [0.2, 0.25) is 0 Å². The van der Waals surface area contributed by atoms with Crippen LogP contribution in [0.15, 0.2) is 24.5 Å². The number of ether oxygens (including phenoxy) is 1. The van der Waals surface area contributed by atoms with Crippen molar-refractivity contribution >= 4 is 5.91 Å². The zero-order chi connectivity index (χ0) is 17.8. The highest BCUT2D eigenvalue weighted by Crippen LogP contribution is 2.30. The molecule has 2 atom stereocenters. The fraction of sp³-hybridized carbons (Fsp3) is 0.556. The first-order chi connectivity index (χ1) is 12.2. The molecule has 1 amide bonds. The van der Waals surface area contributed by atoms with Crippen LogP contribution >= 0.6 is 0 Å². The minimum absolute atomic E-state index is 0.0539. The van der Waals surface area contributed by atoms with Crippen molar-refractivity contribution in [3.05, 3.63) is 30.1 Å². The van der Waals surface area contributed by atoms with E-state index in [0.29, 0.717) is 35.5 Å². The van der Waals surface area contributed by atoms with Crippen molar-refractivity contribution in [1.29, 1.82) is 0 Å². The Morgan fingerprint density at radius 1 is 1.36 bits per heavy atom. The van der Waals surface area contributed by atoms with Gasteiger partial charge in [0.25, 0.3) is 5.91 Å². The van der Waals surface area contributed by atoms with Crippen LogP contribution in [0.4, 0.5) is 0 Å². The van der Waals surface area contributed by atoms with Crippen molar-refractivity contribution in [3.8, 4) is 11.4 Å². The minimum Gasteiger partial charge on any atom is -0.494 e. The van der Waals surface area contributed by atoms with Gasteiger partial charge in [0.1, 0.15) is 17.8 Å². The topological polar surface area (TPSA) is 73.1 Å². The Morgan fingerprint density at radius 3 is 2.80 bits per heavy atom. The van der Waals surface area contributed by atoms with Gasteiger partial charge in [-0.25, -0.2) is 0 Å². The summed E-state index contributed by atoms with van der Waals surface area (Å²) in [4.78, 5) is 15.2. The van der Waals surface area contributed by atoms with Crippen LogP contribution < -0.4 is 4.74 Å².